The Morgan fingerprint density at radius 1 is 1.04 bits per heavy atom. The van der Waals surface area contributed by atoms with E-state index in [0.717, 1.165) is 10.9 Å². The van der Waals surface area contributed by atoms with Gasteiger partial charge in [0.05, 0.1) is 11.1 Å². The van der Waals surface area contributed by atoms with Crippen LogP contribution in [0, 0.1) is 0 Å². The highest BCUT2D eigenvalue weighted by Crippen LogP contribution is 2.26. The molecule has 0 bridgehead atoms. The van der Waals surface area contributed by atoms with E-state index in [0.29, 0.717) is 5.69 Å². The molecule has 118 valence electrons. The number of carboxylic acid groups (broad SMARTS) is 1. The molecule has 0 aliphatic rings. The van der Waals surface area contributed by atoms with Crippen LogP contribution in [0.4, 0.5) is 13.2 Å². The summed E-state index contributed by atoms with van der Waals surface area (Å²) < 4.78 is 42.0. The molecular weight excluding hydrogens is 311 g/mol. The molecule has 0 amide bonds. The SMILES string of the molecule is O=C(O)c1ccc2c(ccn2-c2ccc(OC(F)(F)F)cc2)c1. The highest BCUT2D eigenvalue weighted by Gasteiger charge is 2.30. The minimum absolute atomic E-state index is 0.171. The summed E-state index contributed by atoms with van der Waals surface area (Å²) in [6, 6.07) is 11.8. The molecule has 0 radical (unpaired) electrons. The number of aromatic nitrogens is 1. The monoisotopic (exact) mass is 321 g/mol. The predicted octanol–water partition coefficient (Wildman–Crippen LogP) is 4.23. The number of ether oxygens (including phenoxy) is 1. The third-order valence-electron chi connectivity index (χ3n) is 3.29. The lowest BCUT2D eigenvalue weighted by molar-refractivity contribution is -0.274. The zero-order valence-electron chi connectivity index (χ0n) is 11.5. The molecule has 1 N–H and O–H groups in total. The first-order chi connectivity index (χ1) is 10.8. The Morgan fingerprint density at radius 3 is 2.35 bits per heavy atom. The summed E-state index contributed by atoms with van der Waals surface area (Å²) in [4.78, 5) is 11.0. The maximum absolute atomic E-state index is 12.2. The van der Waals surface area contributed by atoms with Gasteiger partial charge in [-0.25, -0.2) is 4.79 Å². The first-order valence-corrected chi connectivity index (χ1v) is 6.54. The van der Waals surface area contributed by atoms with Crippen molar-refractivity contribution in [3.63, 3.8) is 0 Å². The molecule has 0 fully saturated rings. The smallest absolute Gasteiger partial charge is 0.478 e. The molecule has 3 aromatic rings. The minimum Gasteiger partial charge on any atom is -0.478 e. The molecule has 0 saturated heterocycles. The number of rotatable bonds is 3. The summed E-state index contributed by atoms with van der Waals surface area (Å²) >= 11 is 0. The van der Waals surface area contributed by atoms with Gasteiger partial charge in [0, 0.05) is 17.3 Å². The second-order valence-electron chi connectivity index (χ2n) is 4.81. The quantitative estimate of drug-likeness (QED) is 0.785. The summed E-state index contributed by atoms with van der Waals surface area (Å²) in [5.74, 6) is -1.32. The number of carbonyl (C=O) groups is 1. The number of fused-ring (bicyclic) bond motifs is 1. The van der Waals surface area contributed by atoms with Crippen molar-refractivity contribution in [1.82, 2.24) is 4.57 Å². The maximum atomic E-state index is 12.2. The molecule has 4 nitrogen and oxygen atoms in total. The van der Waals surface area contributed by atoms with Crippen LogP contribution in [0.2, 0.25) is 0 Å². The van der Waals surface area contributed by atoms with Crippen molar-refractivity contribution in [1.29, 1.82) is 0 Å². The van der Waals surface area contributed by atoms with Crippen LogP contribution < -0.4 is 4.74 Å². The van der Waals surface area contributed by atoms with Gasteiger partial charge in [-0.05, 0) is 48.5 Å². The van der Waals surface area contributed by atoms with Gasteiger partial charge in [0.25, 0.3) is 0 Å². The zero-order chi connectivity index (χ0) is 16.6. The van der Waals surface area contributed by atoms with E-state index in [1.807, 2.05) is 0 Å². The summed E-state index contributed by atoms with van der Waals surface area (Å²) in [7, 11) is 0. The first-order valence-electron chi connectivity index (χ1n) is 6.54. The number of alkyl halides is 3. The summed E-state index contributed by atoms with van der Waals surface area (Å²) in [6.07, 6.45) is -3.01. The number of hydrogen-bond acceptors (Lipinski definition) is 2. The van der Waals surface area contributed by atoms with Gasteiger partial charge in [0.2, 0.25) is 0 Å². The van der Waals surface area contributed by atoms with Crippen molar-refractivity contribution in [2.45, 2.75) is 6.36 Å². The largest absolute Gasteiger partial charge is 0.573 e. The molecule has 1 aromatic heterocycles. The molecule has 0 saturated carbocycles. The standard InChI is InChI=1S/C16H10F3NO3/c17-16(18,19)23-13-4-2-12(3-5-13)20-8-7-10-9-11(15(21)22)1-6-14(10)20/h1-9H,(H,21,22). The fourth-order valence-corrected chi connectivity index (χ4v) is 2.31. The van der Waals surface area contributed by atoms with E-state index in [1.54, 1.807) is 22.9 Å². The lowest BCUT2D eigenvalue weighted by Gasteiger charge is -2.10. The highest BCUT2D eigenvalue weighted by atomic mass is 19.4. The molecular formula is C16H10F3NO3. The third-order valence-corrected chi connectivity index (χ3v) is 3.29. The van der Waals surface area contributed by atoms with Crippen LogP contribution in [0.3, 0.4) is 0 Å². The fourth-order valence-electron chi connectivity index (χ4n) is 2.31. The van der Waals surface area contributed by atoms with Gasteiger partial charge < -0.3 is 14.4 Å². The van der Waals surface area contributed by atoms with Crippen LogP contribution >= 0.6 is 0 Å². The van der Waals surface area contributed by atoms with E-state index < -0.39 is 12.3 Å². The highest BCUT2D eigenvalue weighted by molar-refractivity contribution is 5.94. The Bertz CT molecular complexity index is 866. The number of halogens is 3. The van der Waals surface area contributed by atoms with E-state index in [2.05, 4.69) is 4.74 Å². The van der Waals surface area contributed by atoms with Gasteiger partial charge in [-0.15, -0.1) is 13.2 Å². The normalized spacial score (nSPS) is 11.6. The van der Waals surface area contributed by atoms with Gasteiger partial charge in [-0.2, -0.15) is 0 Å². The molecule has 0 spiro atoms. The van der Waals surface area contributed by atoms with E-state index >= 15 is 0 Å². The molecule has 3 rings (SSSR count). The van der Waals surface area contributed by atoms with Crippen LogP contribution in [-0.4, -0.2) is 22.0 Å². The molecule has 0 aliphatic heterocycles. The molecule has 1 heterocycles. The summed E-state index contributed by atoms with van der Waals surface area (Å²) in [5.41, 5.74) is 1.56. The van der Waals surface area contributed by atoms with Crippen molar-refractivity contribution in [3.8, 4) is 11.4 Å². The Labute approximate surface area is 128 Å². The first kappa shape index (κ1) is 15.0. The number of nitrogens with zero attached hydrogens (tertiary/aromatic N) is 1. The average molecular weight is 321 g/mol. The second kappa shape index (κ2) is 5.35. The van der Waals surface area contributed by atoms with Gasteiger partial charge in [0.1, 0.15) is 5.75 Å². The lowest BCUT2D eigenvalue weighted by atomic mass is 10.1. The number of aromatic carboxylic acids is 1. The van der Waals surface area contributed by atoms with Gasteiger partial charge in [-0.3, -0.25) is 0 Å². The molecule has 0 aliphatic carbocycles. The maximum Gasteiger partial charge on any atom is 0.573 e. The van der Waals surface area contributed by atoms with Crippen LogP contribution in [0.25, 0.3) is 16.6 Å². The summed E-state index contributed by atoms with van der Waals surface area (Å²) in [6.45, 7) is 0. The van der Waals surface area contributed by atoms with Gasteiger partial charge in [-0.1, -0.05) is 0 Å². The zero-order valence-corrected chi connectivity index (χ0v) is 11.5. The van der Waals surface area contributed by atoms with E-state index in [1.165, 1.54) is 36.4 Å². The Morgan fingerprint density at radius 2 is 1.74 bits per heavy atom. The topological polar surface area (TPSA) is 51.5 Å². The Hall–Kier alpha value is -2.96. The van der Waals surface area contributed by atoms with Crippen molar-refractivity contribution in [2.75, 3.05) is 0 Å². The molecule has 7 heteroatoms. The van der Waals surface area contributed by atoms with E-state index in [4.69, 9.17) is 5.11 Å². The Kier molecular flexibility index (Phi) is 3.48. The summed E-state index contributed by atoms with van der Waals surface area (Å²) in [5, 5.41) is 9.70. The predicted molar refractivity (Wildman–Crippen MR) is 76.9 cm³/mol. The van der Waals surface area contributed by atoms with Crippen molar-refractivity contribution in [3.05, 3.63) is 60.3 Å². The molecule has 0 atom stereocenters. The van der Waals surface area contributed by atoms with Crippen LogP contribution in [-0.2, 0) is 0 Å². The second-order valence-corrected chi connectivity index (χ2v) is 4.81. The van der Waals surface area contributed by atoms with E-state index in [-0.39, 0.29) is 11.3 Å². The number of carboxylic acids is 1. The van der Waals surface area contributed by atoms with Crippen LogP contribution in [0.15, 0.2) is 54.7 Å². The van der Waals surface area contributed by atoms with Gasteiger partial charge >= 0.3 is 12.3 Å². The van der Waals surface area contributed by atoms with Crippen molar-refractivity contribution in [2.24, 2.45) is 0 Å². The number of hydrogen-bond donors (Lipinski definition) is 1. The lowest BCUT2D eigenvalue weighted by Crippen LogP contribution is -2.17. The minimum atomic E-state index is -4.73. The van der Waals surface area contributed by atoms with Crippen molar-refractivity contribution >= 4 is 16.9 Å². The van der Waals surface area contributed by atoms with Crippen LogP contribution in [0.5, 0.6) is 5.75 Å². The van der Waals surface area contributed by atoms with Crippen molar-refractivity contribution < 1.29 is 27.8 Å². The molecule has 23 heavy (non-hydrogen) atoms. The molecule has 2 aromatic carbocycles. The van der Waals surface area contributed by atoms with Gasteiger partial charge in [0.15, 0.2) is 0 Å². The van der Waals surface area contributed by atoms with Crippen LogP contribution in [0.1, 0.15) is 10.4 Å². The number of benzene rings is 2. The Balaban J connectivity index is 1.95. The third kappa shape index (κ3) is 3.13. The molecule has 0 unspecified atom stereocenters. The van der Waals surface area contributed by atoms with E-state index in [9.17, 15) is 18.0 Å². The average Bonchev–Trinajstić information content (AvgIpc) is 2.89. The fraction of sp³-hybridized carbons (Fsp3) is 0.0625.